The van der Waals surface area contributed by atoms with Gasteiger partial charge in [-0.15, -0.1) is 0 Å². The summed E-state index contributed by atoms with van der Waals surface area (Å²) < 4.78 is 34.8. The highest BCUT2D eigenvalue weighted by atomic mass is 35.5. The molecule has 0 aliphatic rings. The summed E-state index contributed by atoms with van der Waals surface area (Å²) in [7, 11) is -4.19. The van der Waals surface area contributed by atoms with Gasteiger partial charge in [-0.25, -0.2) is 8.42 Å². The number of nitrogens with one attached hydrogen (secondary N) is 1. The number of nitrogens with zero attached hydrogens (tertiary/aromatic N) is 2. The van der Waals surface area contributed by atoms with Crippen LogP contribution in [0.1, 0.15) is 31.4 Å². The molecule has 45 heavy (non-hydrogen) atoms. The molecule has 0 bridgehead atoms. The summed E-state index contributed by atoms with van der Waals surface area (Å²) in [6.45, 7) is 4.12. The van der Waals surface area contributed by atoms with Crippen molar-refractivity contribution in [1.29, 1.82) is 0 Å². The Hall–Kier alpha value is -4.34. The van der Waals surface area contributed by atoms with Gasteiger partial charge in [0.15, 0.2) is 0 Å². The van der Waals surface area contributed by atoms with E-state index in [-0.39, 0.29) is 29.5 Å². The Morgan fingerprint density at radius 1 is 0.844 bits per heavy atom. The summed E-state index contributed by atoms with van der Waals surface area (Å²) in [5.41, 5.74) is 1.77. The molecule has 0 radical (unpaired) electrons. The number of carbonyl (C=O) groups excluding carboxylic acids is 2. The fourth-order valence-corrected chi connectivity index (χ4v) is 6.48. The first-order valence-corrected chi connectivity index (χ1v) is 16.7. The van der Waals surface area contributed by atoms with E-state index < -0.39 is 28.5 Å². The van der Waals surface area contributed by atoms with Gasteiger partial charge in [0, 0.05) is 24.5 Å². The predicted molar refractivity (Wildman–Crippen MR) is 178 cm³/mol. The van der Waals surface area contributed by atoms with Crippen molar-refractivity contribution in [3.8, 4) is 5.75 Å². The van der Waals surface area contributed by atoms with Gasteiger partial charge in [0.2, 0.25) is 11.8 Å². The smallest absolute Gasteiger partial charge is 0.264 e. The molecule has 2 amide bonds. The minimum absolute atomic E-state index is 0.00193. The SMILES string of the molecule is CCCNC(=O)C(Cc1ccccc1)N(Cc1ccccc1Cl)C(=O)CN(c1ccc(OCC)cc1)S(=O)(=O)c1ccccc1. The van der Waals surface area contributed by atoms with Crippen molar-refractivity contribution in [3.05, 3.63) is 125 Å². The van der Waals surface area contributed by atoms with Crippen LogP contribution in [0.15, 0.2) is 114 Å². The number of amides is 2. The van der Waals surface area contributed by atoms with Gasteiger partial charge in [0.25, 0.3) is 10.0 Å². The van der Waals surface area contributed by atoms with Crippen LogP contribution in [0.25, 0.3) is 0 Å². The molecule has 0 aliphatic heterocycles. The second-order valence-corrected chi connectivity index (χ2v) is 12.6. The molecular formula is C35H38ClN3O5S. The van der Waals surface area contributed by atoms with Crippen LogP contribution in [0.2, 0.25) is 5.02 Å². The Balaban J connectivity index is 1.79. The lowest BCUT2D eigenvalue weighted by molar-refractivity contribution is -0.140. The number of halogens is 1. The van der Waals surface area contributed by atoms with E-state index in [9.17, 15) is 18.0 Å². The fourth-order valence-electron chi connectivity index (χ4n) is 4.85. The summed E-state index contributed by atoms with van der Waals surface area (Å²) in [4.78, 5) is 29.7. The van der Waals surface area contributed by atoms with E-state index >= 15 is 0 Å². The van der Waals surface area contributed by atoms with Crippen LogP contribution in [-0.4, -0.2) is 50.9 Å². The highest BCUT2D eigenvalue weighted by Gasteiger charge is 2.34. The number of hydrogen-bond donors (Lipinski definition) is 1. The monoisotopic (exact) mass is 647 g/mol. The molecule has 0 aromatic heterocycles. The Bertz CT molecular complexity index is 1650. The number of sulfonamides is 1. The number of hydrogen-bond acceptors (Lipinski definition) is 5. The molecule has 0 spiro atoms. The molecule has 0 heterocycles. The molecule has 1 unspecified atom stereocenters. The quantitative estimate of drug-likeness (QED) is 0.168. The fraction of sp³-hybridized carbons (Fsp3) is 0.257. The van der Waals surface area contributed by atoms with Gasteiger partial charge in [0.1, 0.15) is 18.3 Å². The lowest BCUT2D eigenvalue weighted by Gasteiger charge is -2.34. The molecule has 0 saturated heterocycles. The average Bonchev–Trinajstić information content (AvgIpc) is 3.06. The normalized spacial score (nSPS) is 11.8. The summed E-state index contributed by atoms with van der Waals surface area (Å²) >= 11 is 6.54. The zero-order valence-electron chi connectivity index (χ0n) is 25.4. The van der Waals surface area contributed by atoms with E-state index in [1.807, 2.05) is 44.2 Å². The Morgan fingerprint density at radius 3 is 2.09 bits per heavy atom. The Morgan fingerprint density at radius 2 is 1.47 bits per heavy atom. The summed E-state index contributed by atoms with van der Waals surface area (Å²) in [6.07, 6.45) is 0.935. The minimum Gasteiger partial charge on any atom is -0.494 e. The molecule has 8 nitrogen and oxygen atoms in total. The van der Waals surface area contributed by atoms with Gasteiger partial charge >= 0.3 is 0 Å². The first-order chi connectivity index (χ1) is 21.7. The van der Waals surface area contributed by atoms with Crippen molar-refractivity contribution in [2.24, 2.45) is 0 Å². The maximum absolute atomic E-state index is 14.5. The van der Waals surface area contributed by atoms with Gasteiger partial charge in [-0.2, -0.15) is 0 Å². The number of anilines is 1. The van der Waals surface area contributed by atoms with Crippen LogP contribution >= 0.6 is 11.6 Å². The first-order valence-electron chi connectivity index (χ1n) is 14.9. The lowest BCUT2D eigenvalue weighted by atomic mass is 10.0. The predicted octanol–water partition coefficient (Wildman–Crippen LogP) is 6.10. The number of rotatable bonds is 15. The van der Waals surface area contributed by atoms with Crippen molar-refractivity contribution >= 4 is 39.1 Å². The van der Waals surface area contributed by atoms with Crippen LogP contribution in [0.5, 0.6) is 5.75 Å². The third-order valence-electron chi connectivity index (χ3n) is 7.16. The van der Waals surface area contributed by atoms with E-state index in [0.29, 0.717) is 35.9 Å². The van der Waals surface area contributed by atoms with Crippen LogP contribution in [-0.2, 0) is 32.6 Å². The molecule has 10 heteroatoms. The Labute approximate surface area is 270 Å². The van der Waals surface area contributed by atoms with Crippen molar-refractivity contribution in [1.82, 2.24) is 10.2 Å². The van der Waals surface area contributed by atoms with E-state index in [0.717, 1.165) is 9.87 Å². The number of ether oxygens (including phenoxy) is 1. The zero-order chi connectivity index (χ0) is 32.2. The standard InChI is InChI=1S/C35H38ClN3O5S/c1-3-23-37-35(41)33(24-27-13-7-5-8-14-27)38(25-28-15-11-12-18-32(28)36)34(40)26-39(29-19-21-30(22-20-29)44-4-2)45(42,43)31-16-9-6-10-17-31/h5-22,33H,3-4,23-26H2,1-2H3,(H,37,41). The topological polar surface area (TPSA) is 96.0 Å². The molecule has 0 saturated carbocycles. The molecular weight excluding hydrogens is 610 g/mol. The van der Waals surface area contributed by atoms with Crippen molar-refractivity contribution < 1.29 is 22.7 Å². The van der Waals surface area contributed by atoms with Gasteiger partial charge in [-0.1, -0.05) is 85.3 Å². The third kappa shape index (κ3) is 8.86. The summed E-state index contributed by atoms with van der Waals surface area (Å²) in [5, 5.41) is 3.37. The van der Waals surface area contributed by atoms with E-state index in [4.69, 9.17) is 16.3 Å². The van der Waals surface area contributed by atoms with E-state index in [2.05, 4.69) is 5.32 Å². The van der Waals surface area contributed by atoms with Crippen LogP contribution in [0.4, 0.5) is 5.69 Å². The van der Waals surface area contributed by atoms with Crippen molar-refractivity contribution in [2.45, 2.75) is 44.2 Å². The van der Waals surface area contributed by atoms with Crippen LogP contribution in [0, 0.1) is 0 Å². The molecule has 4 rings (SSSR count). The van der Waals surface area contributed by atoms with Gasteiger partial charge in [-0.3, -0.25) is 13.9 Å². The van der Waals surface area contributed by atoms with E-state index in [1.54, 1.807) is 66.7 Å². The van der Waals surface area contributed by atoms with Gasteiger partial charge < -0.3 is 15.0 Å². The first kappa shape index (κ1) is 33.6. The second-order valence-electron chi connectivity index (χ2n) is 10.4. The molecule has 236 valence electrons. The molecule has 4 aromatic rings. The van der Waals surface area contributed by atoms with Crippen LogP contribution in [0.3, 0.4) is 0 Å². The molecule has 1 N–H and O–H groups in total. The highest BCUT2D eigenvalue weighted by Crippen LogP contribution is 2.27. The zero-order valence-corrected chi connectivity index (χ0v) is 27.0. The summed E-state index contributed by atoms with van der Waals surface area (Å²) in [6, 6.07) is 30.0. The average molecular weight is 648 g/mol. The number of benzene rings is 4. The lowest BCUT2D eigenvalue weighted by Crippen LogP contribution is -2.53. The molecule has 4 aromatic carbocycles. The minimum atomic E-state index is -4.19. The largest absolute Gasteiger partial charge is 0.494 e. The van der Waals surface area contributed by atoms with Crippen molar-refractivity contribution in [2.75, 3.05) is 24.0 Å². The maximum atomic E-state index is 14.5. The molecule has 0 fully saturated rings. The third-order valence-corrected chi connectivity index (χ3v) is 9.32. The maximum Gasteiger partial charge on any atom is 0.264 e. The van der Waals surface area contributed by atoms with Gasteiger partial charge in [0.05, 0.1) is 17.2 Å². The molecule has 1 atom stereocenters. The van der Waals surface area contributed by atoms with E-state index in [1.165, 1.54) is 17.0 Å². The second kappa shape index (κ2) is 16.1. The molecule has 0 aliphatic carbocycles. The van der Waals surface area contributed by atoms with Crippen molar-refractivity contribution in [3.63, 3.8) is 0 Å². The summed E-state index contributed by atoms with van der Waals surface area (Å²) in [5.74, 6) is -0.323. The van der Waals surface area contributed by atoms with Crippen LogP contribution < -0.4 is 14.4 Å². The number of carbonyl (C=O) groups is 2. The van der Waals surface area contributed by atoms with Gasteiger partial charge in [-0.05, 0) is 66.9 Å². The highest BCUT2D eigenvalue weighted by molar-refractivity contribution is 7.92. The Kier molecular flexibility index (Phi) is 12.0.